The van der Waals surface area contributed by atoms with Crippen molar-refractivity contribution in [2.75, 3.05) is 13.2 Å². The van der Waals surface area contributed by atoms with Crippen LogP contribution in [-0.2, 0) is 30.4 Å². The molecule has 0 aromatic heterocycles. The van der Waals surface area contributed by atoms with Crippen molar-refractivity contribution in [3.63, 3.8) is 0 Å². The number of carbonyl (C=O) groups is 2. The van der Waals surface area contributed by atoms with E-state index in [1.165, 1.54) is 6.92 Å². The number of rotatable bonds is 13. The van der Waals surface area contributed by atoms with Crippen LogP contribution in [-0.4, -0.2) is 48.0 Å². The molecule has 1 aromatic rings. The monoisotopic (exact) mass is 542 g/mol. The molecule has 0 bridgehead atoms. The van der Waals surface area contributed by atoms with Gasteiger partial charge < -0.3 is 24.1 Å². The third-order valence-corrected chi connectivity index (χ3v) is 7.29. The number of hydrogen-bond donors (Lipinski definition) is 1. The lowest BCUT2D eigenvalue weighted by Gasteiger charge is -2.30. The van der Waals surface area contributed by atoms with E-state index in [1.807, 2.05) is 12.1 Å². The van der Waals surface area contributed by atoms with Gasteiger partial charge in [-0.15, -0.1) is 11.6 Å². The van der Waals surface area contributed by atoms with E-state index >= 15 is 0 Å². The summed E-state index contributed by atoms with van der Waals surface area (Å²) in [4.78, 5) is 21.9. The lowest BCUT2D eigenvalue weighted by molar-refractivity contribution is -0.197. The van der Waals surface area contributed by atoms with Crippen LogP contribution in [0.15, 0.2) is 30.4 Å². The maximum absolute atomic E-state index is 11.2. The van der Waals surface area contributed by atoms with Crippen LogP contribution in [0.3, 0.4) is 0 Å². The molecule has 0 amide bonds. The number of halogens is 2. The van der Waals surface area contributed by atoms with Crippen molar-refractivity contribution in [2.45, 2.75) is 82.7 Å². The van der Waals surface area contributed by atoms with Crippen LogP contribution in [0, 0.1) is 11.8 Å². The van der Waals surface area contributed by atoms with E-state index in [-0.39, 0.29) is 48.6 Å². The highest BCUT2D eigenvalue weighted by molar-refractivity contribution is 6.30. The molecule has 1 saturated heterocycles. The van der Waals surface area contributed by atoms with Crippen molar-refractivity contribution < 1.29 is 33.6 Å². The number of hydrogen-bond acceptors (Lipinski definition) is 6. The number of carboxylic acids is 1. The number of unbranched alkanes of at least 4 members (excludes halogenated alkanes) is 1. The normalized spacial score (nSPS) is 26.2. The first-order chi connectivity index (χ1) is 17.3. The number of esters is 1. The second-order valence-corrected chi connectivity index (χ2v) is 10.4. The second kappa shape index (κ2) is 14.8. The zero-order valence-electron chi connectivity index (χ0n) is 20.7. The number of aliphatic carboxylic acids is 1. The Bertz CT molecular complexity index is 885. The molecule has 1 unspecified atom stereocenters. The molecule has 1 aliphatic heterocycles. The minimum Gasteiger partial charge on any atom is -0.493 e. The van der Waals surface area contributed by atoms with Crippen molar-refractivity contribution >= 4 is 35.1 Å². The first kappa shape index (κ1) is 28.8. The molecule has 5 atom stereocenters. The Kier molecular flexibility index (Phi) is 11.8. The first-order valence-corrected chi connectivity index (χ1v) is 13.5. The molecule has 2 aliphatic rings. The Labute approximate surface area is 223 Å². The van der Waals surface area contributed by atoms with Crippen LogP contribution in [0.25, 0.3) is 0 Å². The standard InChI is InChI=1S/C27H36Cl2O7/c1-18(30)34-16-19-12-20(28)14-21(13-19)35-17-23-22(8-4-2-3-5-9-26(31)32)24(29)15-25(23)36-27-10-6-7-11-33-27/h2,4,12-14,22-25,27H,3,5-11,15-17H2,1H3,(H,31,32)/t22-,23-,24-,25-,27?/m1/s1. The summed E-state index contributed by atoms with van der Waals surface area (Å²) in [6, 6.07) is 5.30. The van der Waals surface area contributed by atoms with Gasteiger partial charge in [0.05, 0.1) is 12.7 Å². The highest BCUT2D eigenvalue weighted by Crippen LogP contribution is 2.41. The van der Waals surface area contributed by atoms with Gasteiger partial charge in [0.1, 0.15) is 12.4 Å². The summed E-state index contributed by atoms with van der Waals surface area (Å²) in [6.45, 7) is 2.59. The predicted octanol–water partition coefficient (Wildman–Crippen LogP) is 6.14. The zero-order chi connectivity index (χ0) is 25.9. The molecule has 0 spiro atoms. The van der Waals surface area contributed by atoms with Crippen molar-refractivity contribution in [1.82, 2.24) is 0 Å². The second-order valence-electron chi connectivity index (χ2n) is 9.43. The van der Waals surface area contributed by atoms with Crippen LogP contribution in [0.1, 0.15) is 63.9 Å². The molecule has 1 heterocycles. The van der Waals surface area contributed by atoms with Gasteiger partial charge in [-0.25, -0.2) is 0 Å². The van der Waals surface area contributed by atoms with E-state index in [0.29, 0.717) is 36.8 Å². The Balaban J connectivity index is 1.66. The Morgan fingerprint density at radius 1 is 1.19 bits per heavy atom. The average Bonchev–Trinajstić information content (AvgIpc) is 3.12. The van der Waals surface area contributed by atoms with Gasteiger partial charge in [-0.1, -0.05) is 23.8 Å². The van der Waals surface area contributed by atoms with Gasteiger partial charge in [0.2, 0.25) is 0 Å². The van der Waals surface area contributed by atoms with Crippen LogP contribution in [0.2, 0.25) is 5.02 Å². The van der Waals surface area contributed by atoms with Gasteiger partial charge in [0.15, 0.2) is 6.29 Å². The number of alkyl halides is 1. The van der Waals surface area contributed by atoms with Gasteiger partial charge in [-0.2, -0.15) is 0 Å². The van der Waals surface area contributed by atoms with E-state index in [0.717, 1.165) is 37.7 Å². The van der Waals surface area contributed by atoms with Gasteiger partial charge >= 0.3 is 11.9 Å². The summed E-state index contributed by atoms with van der Waals surface area (Å²) >= 11 is 13.1. The summed E-state index contributed by atoms with van der Waals surface area (Å²) < 4.78 is 23.5. The van der Waals surface area contributed by atoms with Crippen molar-refractivity contribution in [3.05, 3.63) is 40.9 Å². The number of ether oxygens (including phenoxy) is 4. The summed E-state index contributed by atoms with van der Waals surface area (Å²) in [5.74, 6) is -0.369. The fourth-order valence-electron chi connectivity index (χ4n) is 4.75. The molecular formula is C27H36Cl2O7. The molecule has 1 aromatic carbocycles. The summed E-state index contributed by atoms with van der Waals surface area (Å²) in [5, 5.41) is 9.23. The van der Waals surface area contributed by atoms with Gasteiger partial charge in [-0.05, 0) is 74.6 Å². The van der Waals surface area contributed by atoms with E-state index in [4.69, 9.17) is 47.3 Å². The number of carbonyl (C=O) groups excluding carboxylic acids is 1. The number of allylic oxidation sites excluding steroid dienone is 2. The van der Waals surface area contributed by atoms with Crippen LogP contribution in [0.5, 0.6) is 5.75 Å². The topological polar surface area (TPSA) is 91.3 Å². The summed E-state index contributed by atoms with van der Waals surface area (Å²) in [7, 11) is 0. The highest BCUT2D eigenvalue weighted by Gasteiger charge is 2.44. The van der Waals surface area contributed by atoms with Gasteiger partial charge in [-0.3, -0.25) is 9.59 Å². The molecular weight excluding hydrogens is 507 g/mol. The van der Waals surface area contributed by atoms with Gasteiger partial charge in [0.25, 0.3) is 0 Å². The quantitative estimate of drug-likeness (QED) is 0.138. The molecule has 1 N–H and O–H groups in total. The maximum Gasteiger partial charge on any atom is 0.303 e. The third-order valence-electron chi connectivity index (χ3n) is 6.57. The molecule has 1 aliphatic carbocycles. The van der Waals surface area contributed by atoms with Crippen molar-refractivity contribution in [2.24, 2.45) is 11.8 Å². The molecule has 7 nitrogen and oxygen atoms in total. The number of benzene rings is 1. The van der Waals surface area contributed by atoms with Crippen molar-refractivity contribution in [3.8, 4) is 5.75 Å². The van der Waals surface area contributed by atoms with E-state index in [2.05, 4.69) is 6.08 Å². The molecule has 3 rings (SSSR count). The van der Waals surface area contributed by atoms with Crippen LogP contribution < -0.4 is 4.74 Å². The van der Waals surface area contributed by atoms with Crippen LogP contribution in [0.4, 0.5) is 0 Å². The predicted molar refractivity (Wildman–Crippen MR) is 137 cm³/mol. The number of carboxylic acid groups (broad SMARTS) is 1. The summed E-state index contributed by atoms with van der Waals surface area (Å²) in [6.07, 6.45) is 9.77. The minimum absolute atomic E-state index is 0.0394. The Hall–Kier alpha value is -1.80. The molecule has 0 radical (unpaired) electrons. The minimum atomic E-state index is -0.779. The lowest BCUT2D eigenvalue weighted by Crippen LogP contribution is -2.34. The van der Waals surface area contributed by atoms with E-state index < -0.39 is 5.97 Å². The lowest BCUT2D eigenvalue weighted by atomic mass is 9.91. The SMILES string of the molecule is CC(=O)OCc1cc(Cl)cc(OC[C@@H]2[C@@H](CC=CCCCC(=O)O)[C@H](Cl)C[C@H]2OC2CCCCO2)c1. The Morgan fingerprint density at radius 3 is 2.75 bits per heavy atom. The Morgan fingerprint density at radius 2 is 2.03 bits per heavy atom. The van der Waals surface area contributed by atoms with E-state index in [1.54, 1.807) is 12.1 Å². The largest absolute Gasteiger partial charge is 0.493 e. The van der Waals surface area contributed by atoms with Crippen molar-refractivity contribution in [1.29, 1.82) is 0 Å². The third kappa shape index (κ3) is 9.58. The van der Waals surface area contributed by atoms with Crippen LogP contribution >= 0.6 is 23.2 Å². The highest BCUT2D eigenvalue weighted by atomic mass is 35.5. The molecule has 200 valence electrons. The summed E-state index contributed by atoms with van der Waals surface area (Å²) in [5.41, 5.74) is 0.749. The zero-order valence-corrected chi connectivity index (χ0v) is 22.2. The molecule has 1 saturated carbocycles. The molecule has 9 heteroatoms. The molecule has 2 fully saturated rings. The maximum atomic E-state index is 11.2. The molecule has 36 heavy (non-hydrogen) atoms. The van der Waals surface area contributed by atoms with Gasteiger partial charge in [0, 0.05) is 36.3 Å². The van der Waals surface area contributed by atoms with E-state index in [9.17, 15) is 9.59 Å². The smallest absolute Gasteiger partial charge is 0.303 e. The average molecular weight is 543 g/mol. The fraction of sp³-hybridized carbons (Fsp3) is 0.630. The first-order valence-electron chi connectivity index (χ1n) is 12.7. The fourth-order valence-corrected chi connectivity index (χ4v) is 5.46.